The maximum atomic E-state index is 5.03. The molecule has 0 unspecified atom stereocenters. The fraction of sp³-hybridized carbons (Fsp3) is 0.143. The number of hydrogen-bond acceptors (Lipinski definition) is 4. The molecule has 2 heterocycles. The van der Waals surface area contributed by atoms with Gasteiger partial charge in [-0.1, -0.05) is 6.07 Å². The molecule has 0 saturated heterocycles. The first-order valence-corrected chi connectivity index (χ1v) is 6.01. The molecule has 2 aromatic heterocycles. The Balaban J connectivity index is 1.70. The Hall–Kier alpha value is -2.56. The first-order chi connectivity index (χ1) is 9.35. The Labute approximate surface area is 110 Å². The van der Waals surface area contributed by atoms with Crippen LogP contribution in [0, 0.1) is 0 Å². The molecule has 0 bridgehead atoms. The third-order valence-electron chi connectivity index (χ3n) is 2.94. The lowest BCUT2D eigenvalue weighted by atomic mass is 10.2. The average molecular weight is 254 g/mol. The van der Waals surface area contributed by atoms with Crippen molar-refractivity contribution in [2.45, 2.75) is 6.54 Å². The number of nitrogens with zero attached hydrogens (tertiary/aromatic N) is 2. The van der Waals surface area contributed by atoms with E-state index in [0.717, 1.165) is 28.7 Å². The second kappa shape index (κ2) is 4.97. The summed E-state index contributed by atoms with van der Waals surface area (Å²) in [4.78, 5) is 4.17. The minimum atomic E-state index is 0.628. The highest BCUT2D eigenvalue weighted by Crippen LogP contribution is 2.17. The van der Waals surface area contributed by atoms with Crippen LogP contribution >= 0.6 is 0 Å². The van der Waals surface area contributed by atoms with Crippen molar-refractivity contribution >= 4 is 16.6 Å². The van der Waals surface area contributed by atoms with Gasteiger partial charge in [0, 0.05) is 29.9 Å². The second-order valence-corrected chi connectivity index (χ2v) is 4.23. The number of ether oxygens (including phenoxy) is 1. The number of anilines is 1. The molecule has 0 saturated carbocycles. The zero-order valence-corrected chi connectivity index (χ0v) is 10.6. The first kappa shape index (κ1) is 11.5. The smallest absolute Gasteiger partial charge is 0.212 e. The number of benzene rings is 1. The summed E-state index contributed by atoms with van der Waals surface area (Å²) in [5, 5.41) is 11.4. The Morgan fingerprint density at radius 3 is 2.95 bits per heavy atom. The Bertz CT molecular complexity index is 675. The molecular formula is C14H14N4O. The predicted octanol–water partition coefficient (Wildman–Crippen LogP) is 2.58. The van der Waals surface area contributed by atoms with Crippen molar-refractivity contribution in [3.63, 3.8) is 0 Å². The molecule has 5 heteroatoms. The highest BCUT2D eigenvalue weighted by Gasteiger charge is 1.99. The van der Waals surface area contributed by atoms with E-state index in [1.54, 1.807) is 7.11 Å². The zero-order chi connectivity index (χ0) is 13.1. The summed E-state index contributed by atoms with van der Waals surface area (Å²) in [5.74, 6) is 0.628. The Morgan fingerprint density at radius 2 is 2.16 bits per heavy atom. The van der Waals surface area contributed by atoms with E-state index in [-0.39, 0.29) is 0 Å². The van der Waals surface area contributed by atoms with Crippen molar-refractivity contribution in [2.75, 3.05) is 12.4 Å². The average Bonchev–Trinajstić information content (AvgIpc) is 2.93. The van der Waals surface area contributed by atoms with E-state index < -0.39 is 0 Å². The fourth-order valence-corrected chi connectivity index (χ4v) is 1.89. The Morgan fingerprint density at radius 1 is 1.21 bits per heavy atom. The number of pyridine rings is 1. The van der Waals surface area contributed by atoms with Crippen molar-refractivity contribution < 1.29 is 4.74 Å². The van der Waals surface area contributed by atoms with Gasteiger partial charge in [-0.3, -0.25) is 5.10 Å². The fourth-order valence-electron chi connectivity index (χ4n) is 1.89. The van der Waals surface area contributed by atoms with Crippen LogP contribution in [0.25, 0.3) is 10.9 Å². The maximum absolute atomic E-state index is 5.03. The molecule has 2 N–H and O–H groups in total. The summed E-state index contributed by atoms with van der Waals surface area (Å²) in [5.41, 5.74) is 3.20. The van der Waals surface area contributed by atoms with E-state index in [0.29, 0.717) is 5.88 Å². The van der Waals surface area contributed by atoms with E-state index in [2.05, 4.69) is 26.6 Å². The highest BCUT2D eigenvalue weighted by atomic mass is 16.5. The highest BCUT2D eigenvalue weighted by molar-refractivity contribution is 5.81. The van der Waals surface area contributed by atoms with Gasteiger partial charge in [-0.15, -0.1) is 0 Å². The SMILES string of the molecule is COc1ccc(CNc2ccc3[nH]ncc3c2)cn1. The summed E-state index contributed by atoms with van der Waals surface area (Å²) in [6, 6.07) is 9.95. The molecule has 0 spiro atoms. The van der Waals surface area contributed by atoms with Gasteiger partial charge in [0.05, 0.1) is 18.8 Å². The molecule has 96 valence electrons. The molecule has 0 fully saturated rings. The lowest BCUT2D eigenvalue weighted by Crippen LogP contribution is -2.00. The molecule has 3 aromatic rings. The van der Waals surface area contributed by atoms with Crippen molar-refractivity contribution in [3.8, 4) is 5.88 Å². The lowest BCUT2D eigenvalue weighted by molar-refractivity contribution is 0.397. The number of aromatic nitrogens is 3. The summed E-state index contributed by atoms with van der Waals surface area (Å²) < 4.78 is 5.03. The summed E-state index contributed by atoms with van der Waals surface area (Å²) in [6.07, 6.45) is 3.62. The normalized spacial score (nSPS) is 10.6. The molecule has 1 aromatic carbocycles. The molecule has 0 aliphatic heterocycles. The van der Waals surface area contributed by atoms with Crippen molar-refractivity contribution in [1.82, 2.24) is 15.2 Å². The molecule has 0 atom stereocenters. The van der Waals surface area contributed by atoms with E-state index in [1.165, 1.54) is 0 Å². The third-order valence-corrected chi connectivity index (χ3v) is 2.94. The van der Waals surface area contributed by atoms with Gasteiger partial charge >= 0.3 is 0 Å². The molecule has 0 aliphatic rings. The number of aromatic amines is 1. The lowest BCUT2D eigenvalue weighted by Gasteiger charge is -2.07. The van der Waals surface area contributed by atoms with Gasteiger partial charge in [-0.05, 0) is 23.8 Å². The van der Waals surface area contributed by atoms with Gasteiger partial charge < -0.3 is 10.1 Å². The molecule has 0 radical (unpaired) electrons. The van der Waals surface area contributed by atoms with Gasteiger partial charge in [-0.25, -0.2) is 4.98 Å². The minimum Gasteiger partial charge on any atom is -0.481 e. The van der Waals surface area contributed by atoms with Crippen LogP contribution in [0.1, 0.15) is 5.56 Å². The number of nitrogens with one attached hydrogen (secondary N) is 2. The van der Waals surface area contributed by atoms with Crippen LogP contribution in [-0.2, 0) is 6.54 Å². The van der Waals surface area contributed by atoms with E-state index in [4.69, 9.17) is 4.74 Å². The predicted molar refractivity (Wildman–Crippen MR) is 74.2 cm³/mol. The van der Waals surface area contributed by atoms with E-state index >= 15 is 0 Å². The largest absolute Gasteiger partial charge is 0.481 e. The van der Waals surface area contributed by atoms with Crippen molar-refractivity contribution in [2.24, 2.45) is 0 Å². The number of methoxy groups -OCH3 is 1. The minimum absolute atomic E-state index is 0.628. The van der Waals surface area contributed by atoms with Gasteiger partial charge in [0.1, 0.15) is 0 Å². The van der Waals surface area contributed by atoms with Crippen LogP contribution in [0.5, 0.6) is 5.88 Å². The number of hydrogen-bond donors (Lipinski definition) is 2. The summed E-state index contributed by atoms with van der Waals surface area (Å²) >= 11 is 0. The number of rotatable bonds is 4. The molecule has 5 nitrogen and oxygen atoms in total. The van der Waals surface area contributed by atoms with Crippen LogP contribution < -0.4 is 10.1 Å². The van der Waals surface area contributed by atoms with Gasteiger partial charge in [0.2, 0.25) is 5.88 Å². The monoisotopic (exact) mass is 254 g/mol. The summed E-state index contributed by atoms with van der Waals surface area (Å²) in [6.45, 7) is 0.723. The zero-order valence-electron chi connectivity index (χ0n) is 10.6. The summed E-state index contributed by atoms with van der Waals surface area (Å²) in [7, 11) is 1.61. The van der Waals surface area contributed by atoms with Crippen LogP contribution in [0.3, 0.4) is 0 Å². The second-order valence-electron chi connectivity index (χ2n) is 4.23. The van der Waals surface area contributed by atoms with Gasteiger partial charge in [-0.2, -0.15) is 5.10 Å². The first-order valence-electron chi connectivity index (χ1n) is 6.01. The topological polar surface area (TPSA) is 62.8 Å². The van der Waals surface area contributed by atoms with Crippen molar-refractivity contribution in [1.29, 1.82) is 0 Å². The third kappa shape index (κ3) is 2.49. The van der Waals surface area contributed by atoms with Crippen LogP contribution in [0.4, 0.5) is 5.69 Å². The molecule has 0 amide bonds. The molecule has 0 aliphatic carbocycles. The molecule has 19 heavy (non-hydrogen) atoms. The van der Waals surface area contributed by atoms with Crippen LogP contribution in [-0.4, -0.2) is 22.3 Å². The number of fused-ring (bicyclic) bond motifs is 1. The van der Waals surface area contributed by atoms with E-state index in [1.807, 2.05) is 36.7 Å². The quantitative estimate of drug-likeness (QED) is 0.751. The number of H-pyrrole nitrogens is 1. The Kier molecular flexibility index (Phi) is 3.02. The van der Waals surface area contributed by atoms with Crippen molar-refractivity contribution in [3.05, 3.63) is 48.3 Å². The van der Waals surface area contributed by atoms with Crippen LogP contribution in [0.2, 0.25) is 0 Å². The van der Waals surface area contributed by atoms with Crippen LogP contribution in [0.15, 0.2) is 42.7 Å². The maximum Gasteiger partial charge on any atom is 0.212 e. The standard InChI is InChI=1S/C14H14N4O/c1-19-14-5-2-10(8-16-14)7-15-12-3-4-13-11(6-12)9-17-18-13/h2-6,8-9,15H,7H2,1H3,(H,17,18). The molecular weight excluding hydrogens is 240 g/mol. The van der Waals surface area contributed by atoms with Gasteiger partial charge in [0.15, 0.2) is 0 Å². The van der Waals surface area contributed by atoms with E-state index in [9.17, 15) is 0 Å². The van der Waals surface area contributed by atoms with Gasteiger partial charge in [0.25, 0.3) is 0 Å². The molecule has 3 rings (SSSR count).